The molecule has 0 saturated heterocycles. The molecule has 1 aliphatic heterocycles. The Labute approximate surface area is 181 Å². The van der Waals surface area contributed by atoms with Crippen LogP contribution in [0.4, 0.5) is 5.69 Å². The molecule has 8 nitrogen and oxygen atoms in total. The van der Waals surface area contributed by atoms with Crippen molar-refractivity contribution in [3.05, 3.63) is 65.2 Å². The van der Waals surface area contributed by atoms with E-state index in [0.29, 0.717) is 36.2 Å². The molecule has 2 aromatic carbocycles. The minimum atomic E-state index is -3.39. The molecule has 1 heterocycles. The lowest BCUT2D eigenvalue weighted by molar-refractivity contribution is -0.144. The highest BCUT2D eigenvalue weighted by atomic mass is 32.2. The zero-order chi connectivity index (χ0) is 22.6. The third-order valence-corrected chi connectivity index (χ3v) is 6.14. The second-order valence-electron chi connectivity index (χ2n) is 7.37. The first-order valence-corrected chi connectivity index (χ1v) is 11.7. The maximum atomic E-state index is 12.5. The number of rotatable bonds is 7. The highest BCUT2D eigenvalue weighted by molar-refractivity contribution is 7.92. The fourth-order valence-corrected chi connectivity index (χ4v) is 4.35. The Morgan fingerprint density at radius 3 is 2.48 bits per heavy atom. The van der Waals surface area contributed by atoms with Crippen LogP contribution in [0, 0.1) is 0 Å². The summed E-state index contributed by atoms with van der Waals surface area (Å²) in [4.78, 5) is 36.8. The van der Waals surface area contributed by atoms with Crippen LogP contribution in [-0.2, 0) is 26.0 Å². The molecule has 0 spiro atoms. The number of nitrogens with one attached hydrogen (secondary N) is 1. The fourth-order valence-electron chi connectivity index (χ4n) is 3.35. The highest BCUT2D eigenvalue weighted by Gasteiger charge is 2.25. The van der Waals surface area contributed by atoms with Crippen molar-refractivity contribution in [1.29, 1.82) is 0 Å². The van der Waals surface area contributed by atoms with Crippen molar-refractivity contribution in [2.45, 2.75) is 25.8 Å². The van der Waals surface area contributed by atoms with Crippen LogP contribution in [0.15, 0.2) is 48.5 Å². The average molecular weight is 445 g/mol. The summed E-state index contributed by atoms with van der Waals surface area (Å²) in [6, 6.07) is 12.3. The summed E-state index contributed by atoms with van der Waals surface area (Å²) in [7, 11) is -3.39. The first-order chi connectivity index (χ1) is 14.7. The van der Waals surface area contributed by atoms with E-state index in [1.165, 1.54) is 17.3 Å². The number of hydrogen-bond donors (Lipinski definition) is 1. The van der Waals surface area contributed by atoms with Crippen molar-refractivity contribution in [3.8, 4) is 0 Å². The molecule has 164 valence electrons. The molecule has 31 heavy (non-hydrogen) atoms. The Kier molecular flexibility index (Phi) is 6.74. The number of Topliss-reactive ketones (excluding diaryl/α,β-unsaturated/α-hetero) is 1. The molecule has 9 heteroatoms. The van der Waals surface area contributed by atoms with E-state index in [4.69, 9.17) is 4.74 Å². The van der Waals surface area contributed by atoms with E-state index in [1.807, 2.05) is 0 Å². The normalized spacial score (nSPS) is 14.3. The van der Waals surface area contributed by atoms with Crippen molar-refractivity contribution >= 4 is 33.4 Å². The van der Waals surface area contributed by atoms with E-state index in [0.717, 1.165) is 11.8 Å². The highest BCUT2D eigenvalue weighted by Crippen LogP contribution is 2.30. The van der Waals surface area contributed by atoms with Crippen molar-refractivity contribution < 1.29 is 27.5 Å². The molecule has 0 aliphatic carbocycles. The number of hydrogen-bond acceptors (Lipinski definition) is 6. The van der Waals surface area contributed by atoms with Gasteiger partial charge in [0.15, 0.2) is 12.4 Å². The van der Waals surface area contributed by atoms with Gasteiger partial charge in [0.25, 0.3) is 5.91 Å². The van der Waals surface area contributed by atoms with Gasteiger partial charge in [-0.2, -0.15) is 0 Å². The van der Waals surface area contributed by atoms with Gasteiger partial charge < -0.3 is 10.1 Å². The molecule has 0 radical (unpaired) electrons. The van der Waals surface area contributed by atoms with E-state index in [-0.39, 0.29) is 0 Å². The molecule has 3 rings (SSSR count). The maximum absolute atomic E-state index is 12.5. The first kappa shape index (κ1) is 22.5. The van der Waals surface area contributed by atoms with E-state index < -0.39 is 40.3 Å². The number of aryl methyl sites for hydroxylation is 1. The summed E-state index contributed by atoms with van der Waals surface area (Å²) in [5, 5.41) is 2.53. The van der Waals surface area contributed by atoms with Gasteiger partial charge in [-0.25, -0.2) is 13.2 Å². The predicted octanol–water partition coefficient (Wildman–Crippen LogP) is 1.94. The van der Waals surface area contributed by atoms with Gasteiger partial charge in [0.2, 0.25) is 10.0 Å². The number of sulfonamides is 1. The van der Waals surface area contributed by atoms with Crippen molar-refractivity contribution in [2.24, 2.45) is 0 Å². The fraction of sp³-hybridized carbons (Fsp3) is 0.318. The van der Waals surface area contributed by atoms with E-state index in [1.54, 1.807) is 42.5 Å². The maximum Gasteiger partial charge on any atom is 0.328 e. The molecule has 1 atom stereocenters. The lowest BCUT2D eigenvalue weighted by Crippen LogP contribution is -2.40. The van der Waals surface area contributed by atoms with Crippen LogP contribution in [-0.4, -0.2) is 51.5 Å². The van der Waals surface area contributed by atoms with Crippen LogP contribution in [0.5, 0.6) is 0 Å². The second-order valence-corrected chi connectivity index (χ2v) is 9.28. The molecule has 1 N–H and O–H groups in total. The lowest BCUT2D eigenvalue weighted by atomic mass is 9.99. The van der Waals surface area contributed by atoms with Crippen LogP contribution in [0.25, 0.3) is 0 Å². The van der Waals surface area contributed by atoms with Gasteiger partial charge in [-0.05, 0) is 55.7 Å². The number of ether oxygens (including phenoxy) is 1. The molecule has 0 bridgehead atoms. The minimum absolute atomic E-state index is 0.336. The van der Waals surface area contributed by atoms with E-state index in [2.05, 4.69) is 5.32 Å². The largest absolute Gasteiger partial charge is 0.456 e. The number of anilines is 1. The Balaban J connectivity index is 1.59. The molecule has 1 aliphatic rings. The topological polar surface area (TPSA) is 110 Å². The van der Waals surface area contributed by atoms with Crippen molar-refractivity contribution in [3.63, 3.8) is 0 Å². The Hall–Kier alpha value is -3.20. The lowest BCUT2D eigenvalue weighted by Gasteiger charge is -2.29. The Bertz CT molecular complexity index is 1100. The predicted molar refractivity (Wildman–Crippen MR) is 116 cm³/mol. The SMILES string of the molecule is C[C@H](NC(=O)c1ccccc1)C(=O)OCC(=O)c1ccc2c(c1)CCCN2S(C)(=O)=O. The zero-order valence-electron chi connectivity index (χ0n) is 17.3. The van der Waals surface area contributed by atoms with Crippen molar-refractivity contribution in [1.82, 2.24) is 5.32 Å². The zero-order valence-corrected chi connectivity index (χ0v) is 18.1. The smallest absolute Gasteiger partial charge is 0.328 e. The molecular weight excluding hydrogens is 420 g/mol. The molecule has 0 aromatic heterocycles. The first-order valence-electron chi connectivity index (χ1n) is 9.83. The second kappa shape index (κ2) is 9.30. The van der Waals surface area contributed by atoms with Crippen LogP contribution in [0.1, 0.15) is 39.6 Å². The molecular formula is C22H24N2O6S. The number of amides is 1. The Morgan fingerprint density at radius 2 is 1.81 bits per heavy atom. The van der Waals surface area contributed by atoms with Gasteiger partial charge in [-0.15, -0.1) is 0 Å². The van der Waals surface area contributed by atoms with Gasteiger partial charge in [0.05, 0.1) is 11.9 Å². The number of benzene rings is 2. The molecule has 0 saturated carbocycles. The molecule has 1 amide bonds. The summed E-state index contributed by atoms with van der Waals surface area (Å²) in [5.41, 5.74) is 2.08. The van der Waals surface area contributed by atoms with Gasteiger partial charge in [0, 0.05) is 17.7 Å². The van der Waals surface area contributed by atoms with Crippen LogP contribution >= 0.6 is 0 Å². The summed E-state index contributed by atoms with van der Waals surface area (Å²) in [6.07, 6.45) is 2.47. The third kappa shape index (κ3) is 5.49. The van der Waals surface area contributed by atoms with Gasteiger partial charge in [-0.1, -0.05) is 18.2 Å². The number of carbonyl (C=O) groups excluding carboxylic acids is 3. The summed E-state index contributed by atoms with van der Waals surface area (Å²) in [6.45, 7) is 1.41. The quantitative estimate of drug-likeness (QED) is 0.516. The number of ketones is 1. The number of fused-ring (bicyclic) bond motifs is 1. The summed E-state index contributed by atoms with van der Waals surface area (Å²) >= 11 is 0. The van der Waals surface area contributed by atoms with E-state index in [9.17, 15) is 22.8 Å². The monoisotopic (exact) mass is 444 g/mol. The third-order valence-electron chi connectivity index (χ3n) is 4.96. The molecule has 2 aromatic rings. The average Bonchev–Trinajstić information content (AvgIpc) is 2.76. The Morgan fingerprint density at radius 1 is 1.10 bits per heavy atom. The number of esters is 1. The standard InChI is InChI=1S/C22H24N2O6S/c1-15(23-21(26)16-7-4-3-5-8-16)22(27)30-14-20(25)18-10-11-19-17(13-18)9-6-12-24(19)31(2,28)29/h3-5,7-8,10-11,13,15H,6,9,12,14H2,1-2H3,(H,23,26)/t15-/m0/s1. The number of nitrogens with zero attached hydrogens (tertiary/aromatic N) is 1. The summed E-state index contributed by atoms with van der Waals surface area (Å²) in [5.74, 6) is -1.55. The van der Waals surface area contributed by atoms with Gasteiger partial charge in [-0.3, -0.25) is 13.9 Å². The minimum Gasteiger partial charge on any atom is -0.456 e. The van der Waals surface area contributed by atoms with Gasteiger partial charge in [0.1, 0.15) is 6.04 Å². The molecule has 0 fully saturated rings. The summed E-state index contributed by atoms with van der Waals surface area (Å²) < 4.78 is 30.3. The van der Waals surface area contributed by atoms with E-state index >= 15 is 0 Å². The molecule has 0 unspecified atom stereocenters. The van der Waals surface area contributed by atoms with Crippen LogP contribution in [0.2, 0.25) is 0 Å². The van der Waals surface area contributed by atoms with Crippen LogP contribution in [0.3, 0.4) is 0 Å². The van der Waals surface area contributed by atoms with Crippen LogP contribution < -0.4 is 9.62 Å². The van der Waals surface area contributed by atoms with Crippen molar-refractivity contribution in [2.75, 3.05) is 23.7 Å². The van der Waals surface area contributed by atoms with Gasteiger partial charge >= 0.3 is 5.97 Å². The number of carbonyl (C=O) groups is 3.